The first-order chi connectivity index (χ1) is 5.77. The van der Waals surface area contributed by atoms with Crippen LogP contribution in [0.15, 0.2) is 12.7 Å². The Hall–Kier alpha value is -0.510. The first kappa shape index (κ1) is 12.5. The van der Waals surface area contributed by atoms with E-state index in [-0.39, 0.29) is 6.42 Å². The lowest BCUT2D eigenvalue weighted by atomic mass is 9.94. The van der Waals surface area contributed by atoms with Gasteiger partial charge in [-0.3, -0.25) is 0 Å². The fraction of sp³-hybridized carbons (Fsp3) is 0.778. The highest BCUT2D eigenvalue weighted by Gasteiger charge is 2.31. The summed E-state index contributed by atoms with van der Waals surface area (Å²) in [5.41, 5.74) is -1.23. The molecule has 1 N–H and O–H groups in total. The summed E-state index contributed by atoms with van der Waals surface area (Å²) in [7, 11) is 0. The molecule has 0 aliphatic carbocycles. The Morgan fingerprint density at radius 2 is 1.77 bits per heavy atom. The molecule has 1 nitrogen and oxygen atoms in total. The van der Waals surface area contributed by atoms with Gasteiger partial charge < -0.3 is 5.11 Å². The van der Waals surface area contributed by atoms with Crippen molar-refractivity contribution in [2.24, 2.45) is 0 Å². The molecule has 0 aliphatic rings. The molecule has 13 heavy (non-hydrogen) atoms. The van der Waals surface area contributed by atoms with E-state index in [0.29, 0.717) is 12.8 Å². The van der Waals surface area contributed by atoms with Gasteiger partial charge in [-0.2, -0.15) is 13.2 Å². The summed E-state index contributed by atoms with van der Waals surface area (Å²) in [6.07, 6.45) is -2.92. The van der Waals surface area contributed by atoms with Gasteiger partial charge in [-0.25, -0.2) is 0 Å². The van der Waals surface area contributed by atoms with Crippen LogP contribution in [0.5, 0.6) is 0 Å². The third-order valence-corrected chi connectivity index (χ3v) is 1.83. The number of alkyl halides is 3. The lowest BCUT2D eigenvalue weighted by Gasteiger charge is -2.23. The second-order valence-electron chi connectivity index (χ2n) is 3.44. The summed E-state index contributed by atoms with van der Waals surface area (Å²) in [4.78, 5) is 0. The largest absolute Gasteiger partial charge is 0.390 e. The SMILES string of the molecule is C=CCCC(C)(O)CCC(F)(F)F. The van der Waals surface area contributed by atoms with E-state index in [1.165, 1.54) is 6.92 Å². The van der Waals surface area contributed by atoms with E-state index >= 15 is 0 Å². The minimum atomic E-state index is -4.18. The highest BCUT2D eigenvalue weighted by molar-refractivity contribution is 4.78. The summed E-state index contributed by atoms with van der Waals surface area (Å²) in [6.45, 7) is 4.86. The number of allylic oxidation sites excluding steroid dienone is 1. The number of aliphatic hydroxyl groups is 1. The highest BCUT2D eigenvalue weighted by atomic mass is 19.4. The molecule has 0 aromatic carbocycles. The standard InChI is InChI=1S/C9H15F3O/c1-3-4-5-8(2,13)6-7-9(10,11)12/h3,13H,1,4-7H2,2H3. The van der Waals surface area contributed by atoms with Crippen molar-refractivity contribution in [3.05, 3.63) is 12.7 Å². The molecular weight excluding hydrogens is 181 g/mol. The van der Waals surface area contributed by atoms with E-state index in [1.54, 1.807) is 6.08 Å². The molecule has 0 spiro atoms. The molecule has 0 heterocycles. The zero-order valence-electron chi connectivity index (χ0n) is 7.69. The van der Waals surface area contributed by atoms with Gasteiger partial charge >= 0.3 is 6.18 Å². The molecular formula is C9H15F3O. The minimum Gasteiger partial charge on any atom is -0.390 e. The van der Waals surface area contributed by atoms with E-state index in [2.05, 4.69) is 6.58 Å². The topological polar surface area (TPSA) is 20.2 Å². The van der Waals surface area contributed by atoms with Crippen LogP contribution < -0.4 is 0 Å². The van der Waals surface area contributed by atoms with Gasteiger partial charge in [-0.1, -0.05) is 6.08 Å². The molecule has 78 valence electrons. The minimum absolute atomic E-state index is 0.246. The molecule has 0 radical (unpaired) electrons. The Morgan fingerprint density at radius 3 is 2.15 bits per heavy atom. The van der Waals surface area contributed by atoms with Crippen LogP contribution in [-0.4, -0.2) is 16.9 Å². The molecule has 0 aromatic heterocycles. The highest BCUT2D eigenvalue weighted by Crippen LogP contribution is 2.27. The van der Waals surface area contributed by atoms with Crippen LogP contribution >= 0.6 is 0 Å². The number of hydrogen-bond acceptors (Lipinski definition) is 1. The Labute approximate surface area is 76.3 Å². The maximum absolute atomic E-state index is 11.8. The van der Waals surface area contributed by atoms with Crippen LogP contribution in [0.4, 0.5) is 13.2 Å². The summed E-state index contributed by atoms with van der Waals surface area (Å²) in [6, 6.07) is 0. The molecule has 0 saturated heterocycles. The second kappa shape index (κ2) is 4.65. The average molecular weight is 196 g/mol. The number of rotatable bonds is 5. The van der Waals surface area contributed by atoms with Gasteiger partial charge in [0.25, 0.3) is 0 Å². The average Bonchev–Trinajstić information content (AvgIpc) is 1.97. The van der Waals surface area contributed by atoms with E-state index in [4.69, 9.17) is 0 Å². The van der Waals surface area contributed by atoms with Crippen LogP contribution in [0.2, 0.25) is 0 Å². The third kappa shape index (κ3) is 7.84. The fourth-order valence-electron chi connectivity index (χ4n) is 0.949. The maximum Gasteiger partial charge on any atom is 0.389 e. The van der Waals surface area contributed by atoms with Crippen LogP contribution in [0, 0.1) is 0 Å². The van der Waals surface area contributed by atoms with Crippen molar-refractivity contribution in [2.75, 3.05) is 0 Å². The van der Waals surface area contributed by atoms with Gasteiger partial charge in [0.1, 0.15) is 0 Å². The molecule has 0 aliphatic heterocycles. The predicted octanol–water partition coefficient (Wildman–Crippen LogP) is 3.05. The van der Waals surface area contributed by atoms with Crippen molar-refractivity contribution in [1.82, 2.24) is 0 Å². The molecule has 1 atom stereocenters. The maximum atomic E-state index is 11.8. The van der Waals surface area contributed by atoms with Gasteiger partial charge in [0.2, 0.25) is 0 Å². The Kier molecular flexibility index (Phi) is 4.47. The first-order valence-corrected chi connectivity index (χ1v) is 4.17. The number of hydrogen-bond donors (Lipinski definition) is 1. The summed E-state index contributed by atoms with van der Waals surface area (Å²) in [5.74, 6) is 0. The number of halogens is 3. The van der Waals surface area contributed by atoms with E-state index in [0.717, 1.165) is 0 Å². The van der Waals surface area contributed by atoms with E-state index < -0.39 is 18.2 Å². The Balaban J connectivity index is 3.81. The molecule has 0 rings (SSSR count). The van der Waals surface area contributed by atoms with Crippen molar-refractivity contribution in [1.29, 1.82) is 0 Å². The summed E-state index contributed by atoms with van der Waals surface area (Å²) < 4.78 is 35.3. The molecule has 1 unspecified atom stereocenters. The molecule has 0 amide bonds. The van der Waals surface area contributed by atoms with Crippen LogP contribution in [0.3, 0.4) is 0 Å². The van der Waals surface area contributed by atoms with Crippen LogP contribution in [-0.2, 0) is 0 Å². The van der Waals surface area contributed by atoms with Crippen LogP contribution in [0.25, 0.3) is 0 Å². The zero-order valence-corrected chi connectivity index (χ0v) is 7.69. The van der Waals surface area contributed by atoms with Gasteiger partial charge in [-0.05, 0) is 26.2 Å². The molecule has 0 aromatic rings. The van der Waals surface area contributed by atoms with Crippen molar-refractivity contribution < 1.29 is 18.3 Å². The third-order valence-electron chi connectivity index (χ3n) is 1.83. The Bertz CT molecular complexity index is 161. The van der Waals surface area contributed by atoms with Gasteiger partial charge in [0, 0.05) is 6.42 Å². The quantitative estimate of drug-likeness (QED) is 0.670. The summed E-state index contributed by atoms with van der Waals surface area (Å²) >= 11 is 0. The monoisotopic (exact) mass is 196 g/mol. The van der Waals surface area contributed by atoms with Crippen molar-refractivity contribution in [2.45, 2.75) is 44.4 Å². The van der Waals surface area contributed by atoms with Crippen molar-refractivity contribution >= 4 is 0 Å². The smallest absolute Gasteiger partial charge is 0.389 e. The van der Waals surface area contributed by atoms with Crippen molar-refractivity contribution in [3.8, 4) is 0 Å². The lowest BCUT2D eigenvalue weighted by Crippen LogP contribution is -2.26. The molecule has 0 bridgehead atoms. The summed E-state index contributed by atoms with van der Waals surface area (Å²) in [5, 5.41) is 9.46. The Morgan fingerprint density at radius 1 is 1.23 bits per heavy atom. The normalized spacial score (nSPS) is 16.7. The van der Waals surface area contributed by atoms with Gasteiger partial charge in [0.05, 0.1) is 5.60 Å². The van der Waals surface area contributed by atoms with Crippen LogP contribution in [0.1, 0.15) is 32.6 Å². The van der Waals surface area contributed by atoms with Gasteiger partial charge in [0.15, 0.2) is 0 Å². The van der Waals surface area contributed by atoms with Gasteiger partial charge in [-0.15, -0.1) is 6.58 Å². The van der Waals surface area contributed by atoms with E-state index in [9.17, 15) is 18.3 Å². The van der Waals surface area contributed by atoms with Crippen molar-refractivity contribution in [3.63, 3.8) is 0 Å². The molecule has 0 saturated carbocycles. The first-order valence-electron chi connectivity index (χ1n) is 4.17. The molecule has 4 heteroatoms. The zero-order chi connectivity index (χ0) is 10.5. The van der Waals surface area contributed by atoms with E-state index in [1.807, 2.05) is 0 Å². The molecule has 0 fully saturated rings. The predicted molar refractivity (Wildman–Crippen MR) is 45.3 cm³/mol. The fourth-order valence-corrected chi connectivity index (χ4v) is 0.949. The second-order valence-corrected chi connectivity index (χ2v) is 3.44. The lowest BCUT2D eigenvalue weighted by molar-refractivity contribution is -0.146.